The lowest BCUT2D eigenvalue weighted by Gasteiger charge is -2.29. The predicted octanol–water partition coefficient (Wildman–Crippen LogP) is -8.07. The minimum absolute atomic E-state index is 0.0479. The zero-order chi connectivity index (χ0) is 59.2. The monoisotopic (exact) mass is 1120 g/mol. The first kappa shape index (κ1) is 69.9. The smallest absolute Gasteiger partial charge is 0.245 e. The number of carbonyl (C=O) groups is 11. The molecule has 11 amide bonds. The van der Waals surface area contributed by atoms with Gasteiger partial charge in [-0.1, -0.05) is 46.5 Å². The Bertz CT molecular complexity index is 1980. The molecule has 0 aliphatic carbocycles. The molecule has 1 heterocycles. The van der Waals surface area contributed by atoms with E-state index in [1.54, 1.807) is 13.8 Å². The summed E-state index contributed by atoms with van der Waals surface area (Å²) in [4.78, 5) is 150. The summed E-state index contributed by atoms with van der Waals surface area (Å²) in [7, 11) is 0. The summed E-state index contributed by atoms with van der Waals surface area (Å²) >= 11 is 0. The van der Waals surface area contributed by atoms with Crippen molar-refractivity contribution in [2.45, 2.75) is 191 Å². The quantitative estimate of drug-likeness (QED) is 0.0358. The highest BCUT2D eigenvalue weighted by Gasteiger charge is 2.38. The van der Waals surface area contributed by atoms with Gasteiger partial charge in [-0.05, 0) is 84.8 Å². The number of nitrogens with two attached hydrogens (primary N) is 3. The first-order chi connectivity index (χ1) is 36.8. The fraction of sp³-hybridized carbons (Fsp3) is 0.771. The van der Waals surface area contributed by atoms with Gasteiger partial charge in [-0.3, -0.25) is 52.7 Å². The maximum absolute atomic E-state index is 14.2. The average molecular weight is 1120 g/mol. The molecule has 0 aromatic heterocycles. The maximum atomic E-state index is 14.2. The van der Waals surface area contributed by atoms with Gasteiger partial charge in [-0.2, -0.15) is 0 Å². The van der Waals surface area contributed by atoms with Crippen LogP contribution < -0.4 is 75.7 Å². The molecule has 0 saturated carbocycles. The Kier molecular flexibility index (Phi) is 33.0. The number of hydrogen-bond acceptors (Lipinski definition) is 19. The van der Waals surface area contributed by atoms with Gasteiger partial charge >= 0.3 is 0 Å². The zero-order valence-corrected chi connectivity index (χ0v) is 45.6. The normalized spacial score (nSPS) is 23.9. The van der Waals surface area contributed by atoms with Gasteiger partial charge < -0.3 is 101 Å². The average Bonchev–Trinajstić information content (AvgIpc) is 3.37. The van der Waals surface area contributed by atoms with E-state index in [1.807, 2.05) is 6.92 Å². The molecule has 0 spiro atoms. The van der Waals surface area contributed by atoms with Crippen LogP contribution in [0.1, 0.15) is 112 Å². The van der Waals surface area contributed by atoms with E-state index in [0.29, 0.717) is 6.42 Å². The van der Waals surface area contributed by atoms with Crippen molar-refractivity contribution in [1.29, 1.82) is 0 Å². The van der Waals surface area contributed by atoms with Gasteiger partial charge in [0.15, 0.2) is 0 Å². The van der Waals surface area contributed by atoms with Gasteiger partial charge in [0, 0.05) is 13.0 Å². The standard InChI is InChI=1S/C48H88N14O16/c1-7-8-9-10-11-12-35(68)53-28(13-17-49)42(72)61-38(27(6)67)48(78)59-33(22-63)44(74)55-31-16-20-52-46(76)36(25(4)65)60-45(75)34(23-64)58-40(70)30(15-19-51)56-47(77)37(26(5)66)62-43(73)32(21-24(2)3)57-39(69)29(14-18-50)54-41(31)71/h24-34,36-38,63-67H,7-23,49-51H2,1-6H3,(H,52,76)(H,53,68)(H,54,71)(H,55,74)(H,56,77)(H,57,69)(H,58,70)(H,59,78)(H,60,75)(H,61,72)(H,62,73)/t25-,26-,27-,28+,29+,30+,31+,32-,33?,34+,36+,37+,38+/m1/s1. The van der Waals surface area contributed by atoms with Crippen molar-refractivity contribution in [1.82, 2.24) is 58.5 Å². The van der Waals surface area contributed by atoms with Gasteiger partial charge in [0.1, 0.15) is 60.4 Å². The number of amides is 11. The largest absolute Gasteiger partial charge is 0.394 e. The van der Waals surface area contributed by atoms with Crippen molar-refractivity contribution >= 4 is 65.0 Å². The highest BCUT2D eigenvalue weighted by Crippen LogP contribution is 2.10. The van der Waals surface area contributed by atoms with Crippen molar-refractivity contribution in [3.63, 3.8) is 0 Å². The summed E-state index contributed by atoms with van der Waals surface area (Å²) in [6, 6.07) is -16.5. The number of nitrogens with one attached hydrogen (secondary N) is 11. The summed E-state index contributed by atoms with van der Waals surface area (Å²) in [6.45, 7) is 5.61. The SMILES string of the molecule is CCCCCCCC(=O)N[C@@H](CCN)C(=O)N[C@H](C(=O)NC(CO)C(=O)N[C@H]1CCNC(=O)[C@H]([C@@H](C)O)NC(=O)[C@H](CO)NC(=O)[C@H](CCN)NC(=O)[C@H]([C@@H](C)O)NC(=O)[C@@H](CC(C)C)NC(=O)[C@H](CCN)NC1=O)[C@@H](C)O. The van der Waals surface area contributed by atoms with E-state index < -0.39 is 170 Å². The second-order valence-corrected chi connectivity index (χ2v) is 19.6. The third-order valence-corrected chi connectivity index (χ3v) is 12.3. The summed E-state index contributed by atoms with van der Waals surface area (Å²) in [5.41, 5.74) is 17.2. The molecule has 0 bridgehead atoms. The molecule has 1 rings (SSSR count). The molecule has 0 aromatic carbocycles. The van der Waals surface area contributed by atoms with E-state index >= 15 is 0 Å². The molecule has 1 unspecified atom stereocenters. The van der Waals surface area contributed by atoms with E-state index in [2.05, 4.69) is 58.5 Å². The van der Waals surface area contributed by atoms with Crippen LogP contribution in [-0.4, -0.2) is 209 Å². The van der Waals surface area contributed by atoms with Crippen LogP contribution in [0.25, 0.3) is 0 Å². The van der Waals surface area contributed by atoms with Crippen LogP contribution in [0.15, 0.2) is 0 Å². The Morgan fingerprint density at radius 1 is 0.577 bits per heavy atom. The Hall–Kier alpha value is -6.15. The maximum Gasteiger partial charge on any atom is 0.245 e. The molecular weight excluding hydrogens is 1030 g/mol. The minimum atomic E-state index is -1.91. The van der Waals surface area contributed by atoms with E-state index in [-0.39, 0.29) is 57.7 Å². The van der Waals surface area contributed by atoms with E-state index in [1.165, 1.54) is 0 Å². The van der Waals surface area contributed by atoms with Crippen LogP contribution in [0, 0.1) is 5.92 Å². The number of aliphatic hydroxyl groups is 5. The van der Waals surface area contributed by atoms with Crippen molar-refractivity contribution in [3.8, 4) is 0 Å². The number of aliphatic hydroxyl groups excluding tert-OH is 5. The number of unbranched alkanes of at least 4 members (excludes halogenated alkanes) is 4. The lowest BCUT2D eigenvalue weighted by atomic mass is 10.0. The van der Waals surface area contributed by atoms with Gasteiger partial charge in [-0.25, -0.2) is 0 Å². The van der Waals surface area contributed by atoms with E-state index in [0.717, 1.165) is 46.5 Å². The lowest BCUT2D eigenvalue weighted by molar-refractivity contribution is -0.137. The third-order valence-electron chi connectivity index (χ3n) is 12.3. The second kappa shape index (κ2) is 36.9. The van der Waals surface area contributed by atoms with Crippen LogP contribution in [0.2, 0.25) is 0 Å². The summed E-state index contributed by atoms with van der Waals surface area (Å²) in [5.74, 6) is -11.6. The molecule has 1 saturated heterocycles. The molecule has 13 atom stereocenters. The van der Waals surface area contributed by atoms with Gasteiger partial charge in [0.05, 0.1) is 31.5 Å². The molecule has 22 N–H and O–H groups in total. The minimum Gasteiger partial charge on any atom is -0.394 e. The molecule has 1 aliphatic rings. The summed E-state index contributed by atoms with van der Waals surface area (Å²) < 4.78 is 0. The molecular formula is C48H88N14O16. The molecule has 30 nitrogen and oxygen atoms in total. The summed E-state index contributed by atoms with van der Waals surface area (Å²) in [6.07, 6.45) is -1.69. The van der Waals surface area contributed by atoms with Crippen LogP contribution >= 0.6 is 0 Å². The second-order valence-electron chi connectivity index (χ2n) is 19.6. The number of carbonyl (C=O) groups excluding carboxylic acids is 11. The molecule has 78 heavy (non-hydrogen) atoms. The Balaban J connectivity index is 3.73. The molecule has 1 fully saturated rings. The van der Waals surface area contributed by atoms with E-state index in [4.69, 9.17) is 17.2 Å². The lowest BCUT2D eigenvalue weighted by Crippen LogP contribution is -2.62. The number of hydrogen-bond donors (Lipinski definition) is 19. The van der Waals surface area contributed by atoms with Gasteiger partial charge in [0.2, 0.25) is 65.0 Å². The molecule has 1 aliphatic heterocycles. The molecule has 0 radical (unpaired) electrons. The van der Waals surface area contributed by atoms with Crippen LogP contribution in [0.3, 0.4) is 0 Å². The molecule has 446 valence electrons. The van der Waals surface area contributed by atoms with Crippen LogP contribution in [0.5, 0.6) is 0 Å². The van der Waals surface area contributed by atoms with Crippen LogP contribution in [0.4, 0.5) is 0 Å². The van der Waals surface area contributed by atoms with Gasteiger partial charge in [-0.15, -0.1) is 0 Å². The topological polar surface area (TPSA) is 499 Å². The first-order valence-corrected chi connectivity index (χ1v) is 26.5. The highest BCUT2D eigenvalue weighted by atomic mass is 16.3. The Morgan fingerprint density at radius 3 is 1.59 bits per heavy atom. The molecule has 0 aromatic rings. The number of rotatable bonds is 26. The fourth-order valence-electron chi connectivity index (χ4n) is 7.86. The Labute approximate surface area is 454 Å². The Morgan fingerprint density at radius 2 is 1.09 bits per heavy atom. The van der Waals surface area contributed by atoms with Crippen molar-refractivity contribution < 1.29 is 78.3 Å². The first-order valence-electron chi connectivity index (χ1n) is 26.5. The fourth-order valence-corrected chi connectivity index (χ4v) is 7.86. The van der Waals surface area contributed by atoms with Crippen molar-refractivity contribution in [2.24, 2.45) is 23.1 Å². The predicted molar refractivity (Wildman–Crippen MR) is 280 cm³/mol. The molecule has 30 heteroatoms. The van der Waals surface area contributed by atoms with Crippen LogP contribution in [-0.2, 0) is 52.7 Å². The van der Waals surface area contributed by atoms with Crippen molar-refractivity contribution in [3.05, 3.63) is 0 Å². The van der Waals surface area contributed by atoms with Crippen molar-refractivity contribution in [2.75, 3.05) is 39.4 Å². The van der Waals surface area contributed by atoms with E-state index in [9.17, 15) is 78.3 Å². The summed E-state index contributed by atoms with van der Waals surface area (Å²) in [5, 5.41) is 78.2. The van der Waals surface area contributed by atoms with Gasteiger partial charge in [0.25, 0.3) is 0 Å². The zero-order valence-electron chi connectivity index (χ0n) is 45.6. The highest BCUT2D eigenvalue weighted by molar-refractivity contribution is 5.99. The third kappa shape index (κ3) is 24.7.